The highest BCUT2D eigenvalue weighted by Gasteiger charge is 2.29. The molecule has 0 saturated carbocycles. The van der Waals surface area contributed by atoms with Crippen LogP contribution in [0.25, 0.3) is 11.4 Å². The van der Waals surface area contributed by atoms with Crippen molar-refractivity contribution < 1.29 is 14.1 Å². The summed E-state index contributed by atoms with van der Waals surface area (Å²) in [4.78, 5) is 21.6. The van der Waals surface area contributed by atoms with Gasteiger partial charge < -0.3 is 14.2 Å². The fourth-order valence-corrected chi connectivity index (χ4v) is 4.45. The predicted octanol–water partition coefficient (Wildman–Crippen LogP) is 4.38. The molecule has 3 aromatic rings. The van der Waals surface area contributed by atoms with Crippen LogP contribution in [0, 0.1) is 5.92 Å². The lowest BCUT2D eigenvalue weighted by Gasteiger charge is -2.33. The molecule has 2 aromatic carbocycles. The van der Waals surface area contributed by atoms with Crippen LogP contribution in [-0.2, 0) is 17.9 Å². The smallest absolute Gasteiger partial charge is 0.241 e. The summed E-state index contributed by atoms with van der Waals surface area (Å²) >= 11 is 3.47. The number of aromatic nitrogens is 2. The molecule has 0 radical (unpaired) electrons. The quantitative estimate of drug-likeness (QED) is 0.481. The number of benzene rings is 2. The van der Waals surface area contributed by atoms with E-state index in [9.17, 15) is 4.79 Å². The topological polar surface area (TPSA) is 71.7 Å². The fraction of sp³-hybridized carbons (Fsp3) is 0.375. The first-order valence-corrected chi connectivity index (χ1v) is 11.5. The number of methoxy groups -OCH3 is 1. The van der Waals surface area contributed by atoms with Crippen molar-refractivity contribution in [3.8, 4) is 17.1 Å². The molecule has 1 saturated heterocycles. The van der Waals surface area contributed by atoms with Gasteiger partial charge in [-0.05, 0) is 49.2 Å². The summed E-state index contributed by atoms with van der Waals surface area (Å²) in [6.45, 7) is 2.74. The second-order valence-corrected chi connectivity index (χ2v) is 9.05. The van der Waals surface area contributed by atoms with Gasteiger partial charge in [-0.25, -0.2) is 0 Å². The van der Waals surface area contributed by atoms with E-state index in [1.807, 2.05) is 60.5 Å². The molecule has 1 aliphatic rings. The molecule has 0 aliphatic carbocycles. The zero-order valence-electron chi connectivity index (χ0n) is 18.3. The van der Waals surface area contributed by atoms with Gasteiger partial charge >= 0.3 is 0 Å². The number of ether oxygens (including phenoxy) is 1. The summed E-state index contributed by atoms with van der Waals surface area (Å²) in [7, 11) is 3.52. The second-order valence-electron chi connectivity index (χ2n) is 8.14. The maximum atomic E-state index is 13.1. The van der Waals surface area contributed by atoms with Crippen LogP contribution in [0.2, 0.25) is 0 Å². The first-order valence-electron chi connectivity index (χ1n) is 10.7. The largest absolute Gasteiger partial charge is 0.497 e. The average molecular weight is 499 g/mol. The zero-order chi connectivity index (χ0) is 22.5. The highest BCUT2D eigenvalue weighted by molar-refractivity contribution is 9.10. The molecule has 1 unspecified atom stereocenters. The highest BCUT2D eigenvalue weighted by atomic mass is 79.9. The minimum Gasteiger partial charge on any atom is -0.497 e. The van der Waals surface area contributed by atoms with Crippen molar-refractivity contribution in [1.82, 2.24) is 19.9 Å². The summed E-state index contributed by atoms with van der Waals surface area (Å²) in [5.41, 5.74) is 1.99. The lowest BCUT2D eigenvalue weighted by atomic mass is 9.96. The van der Waals surface area contributed by atoms with Gasteiger partial charge in [0, 0.05) is 30.2 Å². The third kappa shape index (κ3) is 5.55. The highest BCUT2D eigenvalue weighted by Crippen LogP contribution is 2.23. The zero-order valence-corrected chi connectivity index (χ0v) is 19.9. The van der Waals surface area contributed by atoms with E-state index in [0.717, 1.165) is 40.7 Å². The Morgan fingerprint density at radius 1 is 1.28 bits per heavy atom. The Balaban J connectivity index is 1.34. The molecule has 4 rings (SSSR count). The second kappa shape index (κ2) is 10.3. The normalized spacial score (nSPS) is 16.7. The van der Waals surface area contributed by atoms with Gasteiger partial charge in [-0.3, -0.25) is 9.69 Å². The van der Waals surface area contributed by atoms with Gasteiger partial charge in [-0.1, -0.05) is 45.4 Å². The minimum atomic E-state index is -0.0283. The summed E-state index contributed by atoms with van der Waals surface area (Å²) < 4.78 is 11.7. The van der Waals surface area contributed by atoms with E-state index in [1.165, 1.54) is 0 Å². The Labute approximate surface area is 196 Å². The lowest BCUT2D eigenvalue weighted by molar-refractivity contribution is -0.136. The van der Waals surface area contributed by atoms with Crippen LogP contribution in [0.4, 0.5) is 0 Å². The number of piperidine rings is 1. The molecule has 32 heavy (non-hydrogen) atoms. The number of rotatable bonds is 7. The number of carbonyl (C=O) groups is 1. The van der Waals surface area contributed by atoms with Crippen molar-refractivity contribution in [2.45, 2.75) is 25.9 Å². The van der Waals surface area contributed by atoms with Gasteiger partial charge in [0.05, 0.1) is 19.6 Å². The van der Waals surface area contributed by atoms with Gasteiger partial charge in [0.2, 0.25) is 17.6 Å². The maximum Gasteiger partial charge on any atom is 0.241 e. The van der Waals surface area contributed by atoms with E-state index in [2.05, 4.69) is 31.0 Å². The molecule has 0 spiro atoms. The number of hydrogen-bond donors (Lipinski definition) is 0. The molecule has 1 atom stereocenters. The van der Waals surface area contributed by atoms with E-state index >= 15 is 0 Å². The molecule has 0 bridgehead atoms. The van der Waals surface area contributed by atoms with E-state index in [1.54, 1.807) is 7.11 Å². The van der Waals surface area contributed by atoms with Gasteiger partial charge in [-0.2, -0.15) is 4.98 Å². The maximum absolute atomic E-state index is 13.1. The lowest BCUT2D eigenvalue weighted by Crippen LogP contribution is -2.43. The molecule has 1 aliphatic heterocycles. The Bertz CT molecular complexity index is 1050. The SMILES string of the molecule is COc1ccc(CN(C)C(=O)C2CCCN(Cc3nc(-c4cccc(Br)c4)no3)C2)cc1. The first kappa shape index (κ1) is 22.5. The molecule has 8 heteroatoms. The Hall–Kier alpha value is -2.71. The van der Waals surface area contributed by atoms with Crippen molar-refractivity contribution in [2.75, 3.05) is 27.2 Å². The van der Waals surface area contributed by atoms with Gasteiger partial charge in [0.25, 0.3) is 0 Å². The Morgan fingerprint density at radius 3 is 2.84 bits per heavy atom. The molecule has 1 fully saturated rings. The molecule has 1 aromatic heterocycles. The Morgan fingerprint density at radius 2 is 2.09 bits per heavy atom. The third-order valence-corrected chi connectivity index (χ3v) is 6.21. The van der Waals surface area contributed by atoms with Gasteiger partial charge in [0.1, 0.15) is 5.75 Å². The van der Waals surface area contributed by atoms with Crippen LogP contribution >= 0.6 is 15.9 Å². The molecular weight excluding hydrogens is 472 g/mol. The summed E-state index contributed by atoms with van der Waals surface area (Å²) in [6.07, 6.45) is 1.87. The van der Waals surface area contributed by atoms with Crippen LogP contribution in [0.5, 0.6) is 5.75 Å². The predicted molar refractivity (Wildman–Crippen MR) is 125 cm³/mol. The fourth-order valence-electron chi connectivity index (χ4n) is 4.05. The van der Waals surface area contributed by atoms with Crippen LogP contribution in [0.15, 0.2) is 57.5 Å². The number of likely N-dealkylation sites (tertiary alicyclic amines) is 1. The number of carbonyl (C=O) groups excluding carboxylic acids is 1. The summed E-state index contributed by atoms with van der Waals surface area (Å²) in [5, 5.41) is 4.12. The molecule has 7 nitrogen and oxygen atoms in total. The van der Waals surface area contributed by atoms with Crippen LogP contribution in [0.3, 0.4) is 0 Å². The van der Waals surface area contributed by atoms with E-state index < -0.39 is 0 Å². The third-order valence-electron chi connectivity index (χ3n) is 5.72. The number of hydrogen-bond acceptors (Lipinski definition) is 6. The van der Waals surface area contributed by atoms with E-state index in [0.29, 0.717) is 31.3 Å². The van der Waals surface area contributed by atoms with Crippen molar-refractivity contribution in [1.29, 1.82) is 0 Å². The monoisotopic (exact) mass is 498 g/mol. The first-order chi connectivity index (χ1) is 15.5. The molecule has 2 heterocycles. The number of nitrogens with zero attached hydrogens (tertiary/aromatic N) is 4. The molecule has 1 amide bonds. The minimum absolute atomic E-state index is 0.0283. The van der Waals surface area contributed by atoms with E-state index in [-0.39, 0.29) is 11.8 Å². The van der Waals surface area contributed by atoms with Crippen molar-refractivity contribution >= 4 is 21.8 Å². The van der Waals surface area contributed by atoms with E-state index in [4.69, 9.17) is 9.26 Å². The standard InChI is InChI=1S/C24H27BrN4O3/c1-28(14-17-8-10-21(31-2)11-9-17)24(30)19-6-4-12-29(15-19)16-22-26-23(27-32-22)18-5-3-7-20(25)13-18/h3,5,7-11,13,19H,4,6,12,14-16H2,1-2H3. The average Bonchev–Trinajstić information content (AvgIpc) is 3.28. The van der Waals surface area contributed by atoms with Crippen molar-refractivity contribution in [3.05, 3.63) is 64.5 Å². The molecular formula is C24H27BrN4O3. The van der Waals surface area contributed by atoms with Crippen molar-refractivity contribution in [2.24, 2.45) is 5.92 Å². The van der Waals surface area contributed by atoms with Crippen molar-refractivity contribution in [3.63, 3.8) is 0 Å². The van der Waals surface area contributed by atoms with Crippen LogP contribution < -0.4 is 4.74 Å². The summed E-state index contributed by atoms with van der Waals surface area (Å²) in [6, 6.07) is 15.6. The number of amides is 1. The molecule has 0 N–H and O–H groups in total. The van der Waals surface area contributed by atoms with Crippen LogP contribution in [0.1, 0.15) is 24.3 Å². The summed E-state index contributed by atoms with van der Waals surface area (Å²) in [5.74, 6) is 2.10. The van der Waals surface area contributed by atoms with Crippen LogP contribution in [-0.4, -0.2) is 53.1 Å². The Kier molecular flexibility index (Phi) is 7.22. The number of halogens is 1. The van der Waals surface area contributed by atoms with Gasteiger partial charge in [0.15, 0.2) is 0 Å². The van der Waals surface area contributed by atoms with Gasteiger partial charge in [-0.15, -0.1) is 0 Å². The molecule has 168 valence electrons.